The van der Waals surface area contributed by atoms with Gasteiger partial charge in [0.2, 0.25) is 5.91 Å². The lowest BCUT2D eigenvalue weighted by molar-refractivity contribution is -0.122. The van der Waals surface area contributed by atoms with Gasteiger partial charge in [-0.2, -0.15) is 0 Å². The summed E-state index contributed by atoms with van der Waals surface area (Å²) in [7, 11) is 0. The Morgan fingerprint density at radius 1 is 1.21 bits per heavy atom. The zero-order valence-corrected chi connectivity index (χ0v) is 15.6. The third kappa shape index (κ3) is 3.73. The number of rotatable bonds is 4. The summed E-state index contributed by atoms with van der Waals surface area (Å²) in [6.45, 7) is 1.30. The van der Waals surface area contributed by atoms with Gasteiger partial charge >= 0.3 is 6.03 Å². The fourth-order valence-corrected chi connectivity index (χ4v) is 3.31. The van der Waals surface area contributed by atoms with Crippen molar-refractivity contribution in [3.63, 3.8) is 0 Å². The van der Waals surface area contributed by atoms with E-state index in [1.807, 2.05) is 36.4 Å². The molecule has 0 fully saturated rings. The molecule has 1 atom stereocenters. The van der Waals surface area contributed by atoms with Crippen molar-refractivity contribution in [3.8, 4) is 0 Å². The van der Waals surface area contributed by atoms with Gasteiger partial charge in [-0.05, 0) is 31.2 Å². The monoisotopic (exact) mass is 396 g/mol. The van der Waals surface area contributed by atoms with Crippen molar-refractivity contribution in [1.29, 1.82) is 0 Å². The molecule has 1 aromatic heterocycles. The first-order valence-corrected chi connectivity index (χ1v) is 9.10. The molecule has 0 saturated carbocycles. The fraction of sp³-hybridized carbons (Fsp3) is 0.190. The number of urea groups is 1. The van der Waals surface area contributed by atoms with E-state index >= 15 is 0 Å². The van der Waals surface area contributed by atoms with Crippen LogP contribution in [0.3, 0.4) is 0 Å². The molecule has 2 N–H and O–H groups in total. The highest BCUT2D eigenvalue weighted by atomic mass is 19.2. The molecule has 0 radical (unpaired) electrons. The number of para-hydroxylation sites is 1. The molecular weight excluding hydrogens is 378 g/mol. The number of nitrogens with one attached hydrogen (secondary N) is 2. The first kappa shape index (κ1) is 18.8. The number of nitrogens with zero attached hydrogens (tertiary/aromatic N) is 2. The van der Waals surface area contributed by atoms with Gasteiger partial charge in [0.05, 0.1) is 29.5 Å². The Labute approximate surface area is 165 Å². The van der Waals surface area contributed by atoms with E-state index in [0.717, 1.165) is 21.9 Å². The first-order chi connectivity index (χ1) is 13.9. The number of pyridine rings is 1. The van der Waals surface area contributed by atoms with Crippen LogP contribution in [0.25, 0.3) is 10.9 Å². The van der Waals surface area contributed by atoms with E-state index in [2.05, 4.69) is 15.6 Å². The highest BCUT2D eigenvalue weighted by Crippen LogP contribution is 2.27. The van der Waals surface area contributed by atoms with Crippen molar-refractivity contribution in [2.75, 3.05) is 11.9 Å². The molecule has 2 heterocycles. The van der Waals surface area contributed by atoms with E-state index in [0.29, 0.717) is 5.69 Å². The molecule has 0 spiro atoms. The number of benzene rings is 2. The largest absolute Gasteiger partial charge is 0.346 e. The number of halogens is 2. The number of aromatic nitrogens is 1. The molecule has 3 amide bonds. The molecule has 4 rings (SSSR count). The topological polar surface area (TPSA) is 74.3 Å². The molecule has 0 saturated heterocycles. The SMILES string of the molecule is C[C@@H](NC(=O)CN1Cc2c(ccc(F)c2F)NC1=O)c1ccc2ccccc2n1. The summed E-state index contributed by atoms with van der Waals surface area (Å²) in [5.74, 6) is -2.45. The van der Waals surface area contributed by atoms with Crippen LogP contribution < -0.4 is 10.6 Å². The van der Waals surface area contributed by atoms with Crippen LogP contribution in [0.5, 0.6) is 0 Å². The highest BCUT2D eigenvalue weighted by molar-refractivity contribution is 5.95. The highest BCUT2D eigenvalue weighted by Gasteiger charge is 2.28. The normalized spacial score (nSPS) is 14.3. The van der Waals surface area contributed by atoms with Gasteiger partial charge in [-0.15, -0.1) is 0 Å². The average Bonchev–Trinajstić information content (AvgIpc) is 2.71. The summed E-state index contributed by atoms with van der Waals surface area (Å²) in [5.41, 5.74) is 1.72. The van der Waals surface area contributed by atoms with Crippen molar-refractivity contribution in [2.45, 2.75) is 19.5 Å². The average molecular weight is 396 g/mol. The fourth-order valence-electron chi connectivity index (χ4n) is 3.31. The van der Waals surface area contributed by atoms with Gasteiger partial charge in [-0.3, -0.25) is 9.78 Å². The maximum atomic E-state index is 14.0. The van der Waals surface area contributed by atoms with Crippen LogP contribution in [0.2, 0.25) is 0 Å². The van der Waals surface area contributed by atoms with Crippen LogP contribution in [0.4, 0.5) is 19.3 Å². The molecule has 0 unspecified atom stereocenters. The second-order valence-corrected chi connectivity index (χ2v) is 6.89. The van der Waals surface area contributed by atoms with Gasteiger partial charge in [0.25, 0.3) is 0 Å². The van der Waals surface area contributed by atoms with E-state index in [9.17, 15) is 18.4 Å². The van der Waals surface area contributed by atoms with Gasteiger partial charge in [0.1, 0.15) is 6.54 Å². The summed E-state index contributed by atoms with van der Waals surface area (Å²) in [6, 6.07) is 12.7. The van der Waals surface area contributed by atoms with Crippen LogP contribution in [-0.4, -0.2) is 28.4 Å². The van der Waals surface area contributed by atoms with Crippen molar-refractivity contribution >= 4 is 28.5 Å². The van der Waals surface area contributed by atoms with Crippen LogP contribution in [0.1, 0.15) is 24.2 Å². The quantitative estimate of drug-likeness (QED) is 0.706. The van der Waals surface area contributed by atoms with Gasteiger partial charge in [-0.25, -0.2) is 13.6 Å². The van der Waals surface area contributed by atoms with Crippen molar-refractivity contribution in [1.82, 2.24) is 15.2 Å². The molecule has 2 aromatic carbocycles. The maximum absolute atomic E-state index is 14.0. The van der Waals surface area contributed by atoms with Gasteiger partial charge in [0, 0.05) is 10.9 Å². The Kier molecular flexibility index (Phi) is 4.84. The Morgan fingerprint density at radius 2 is 2.00 bits per heavy atom. The minimum atomic E-state index is -1.03. The summed E-state index contributed by atoms with van der Waals surface area (Å²) < 4.78 is 27.5. The van der Waals surface area contributed by atoms with E-state index in [1.54, 1.807) is 6.92 Å². The lowest BCUT2D eigenvalue weighted by Crippen LogP contribution is -2.45. The minimum absolute atomic E-state index is 0.0154. The molecule has 0 bridgehead atoms. The Morgan fingerprint density at radius 3 is 2.83 bits per heavy atom. The molecule has 0 aliphatic carbocycles. The van der Waals surface area contributed by atoms with Crippen molar-refractivity contribution < 1.29 is 18.4 Å². The Hall–Kier alpha value is -3.55. The number of hydrogen-bond acceptors (Lipinski definition) is 3. The lowest BCUT2D eigenvalue weighted by Gasteiger charge is -2.29. The standard InChI is InChI=1S/C21H18F2N4O2/c1-12(16-8-6-13-4-2-3-5-17(13)25-16)24-19(28)11-27-10-14-18(26-21(27)29)9-7-15(22)20(14)23/h2-9,12H,10-11H2,1H3,(H,24,28)(H,26,29)/t12-/m1/s1. The number of anilines is 1. The van der Waals surface area contributed by atoms with Gasteiger partial charge in [-0.1, -0.05) is 24.3 Å². The molecule has 1 aliphatic heterocycles. The number of carbonyl (C=O) groups excluding carboxylic acids is 2. The zero-order chi connectivity index (χ0) is 20.5. The second kappa shape index (κ2) is 7.46. The molecule has 3 aromatic rings. The number of carbonyl (C=O) groups is 2. The summed E-state index contributed by atoms with van der Waals surface area (Å²) >= 11 is 0. The lowest BCUT2D eigenvalue weighted by atomic mass is 10.1. The Bertz CT molecular complexity index is 1120. The molecule has 8 heteroatoms. The van der Waals surface area contributed by atoms with Gasteiger partial charge < -0.3 is 15.5 Å². The van der Waals surface area contributed by atoms with Crippen LogP contribution in [0.15, 0.2) is 48.5 Å². The summed E-state index contributed by atoms with van der Waals surface area (Å²) in [6.07, 6.45) is 0. The third-order valence-corrected chi connectivity index (χ3v) is 4.85. The minimum Gasteiger partial charge on any atom is -0.346 e. The maximum Gasteiger partial charge on any atom is 0.322 e. The second-order valence-electron chi connectivity index (χ2n) is 6.89. The third-order valence-electron chi connectivity index (χ3n) is 4.85. The number of amides is 3. The van der Waals surface area contributed by atoms with Crippen molar-refractivity contribution in [2.24, 2.45) is 0 Å². The molecular formula is C21H18F2N4O2. The molecule has 148 valence electrons. The Balaban J connectivity index is 1.44. The van der Waals surface area contributed by atoms with Crippen LogP contribution >= 0.6 is 0 Å². The smallest absolute Gasteiger partial charge is 0.322 e. The van der Waals surface area contributed by atoms with E-state index < -0.39 is 23.6 Å². The summed E-state index contributed by atoms with van der Waals surface area (Å²) in [5, 5.41) is 6.26. The van der Waals surface area contributed by atoms with E-state index in [4.69, 9.17) is 0 Å². The predicted molar refractivity (Wildman–Crippen MR) is 104 cm³/mol. The predicted octanol–water partition coefficient (Wildman–Crippen LogP) is 3.74. The first-order valence-electron chi connectivity index (χ1n) is 9.10. The number of hydrogen-bond donors (Lipinski definition) is 2. The zero-order valence-electron chi connectivity index (χ0n) is 15.6. The van der Waals surface area contributed by atoms with Crippen LogP contribution in [0, 0.1) is 11.6 Å². The van der Waals surface area contributed by atoms with Crippen LogP contribution in [-0.2, 0) is 11.3 Å². The molecule has 1 aliphatic rings. The van der Waals surface area contributed by atoms with Gasteiger partial charge in [0.15, 0.2) is 11.6 Å². The molecule has 6 nitrogen and oxygen atoms in total. The number of fused-ring (bicyclic) bond motifs is 2. The molecule has 29 heavy (non-hydrogen) atoms. The van der Waals surface area contributed by atoms with E-state index in [-0.39, 0.29) is 30.4 Å². The van der Waals surface area contributed by atoms with Crippen molar-refractivity contribution in [3.05, 3.63) is 71.4 Å². The van der Waals surface area contributed by atoms with E-state index in [1.165, 1.54) is 6.07 Å². The summed E-state index contributed by atoms with van der Waals surface area (Å²) in [4.78, 5) is 30.3.